The Balaban J connectivity index is 1.90. The first-order valence-corrected chi connectivity index (χ1v) is 12.5. The number of carbonyl (C=O) groups excluding carboxylic acids is 3. The van der Waals surface area contributed by atoms with Crippen LogP contribution in [0.4, 0.5) is 4.79 Å². The topological polar surface area (TPSA) is 141 Å². The van der Waals surface area contributed by atoms with Crippen LogP contribution in [-0.2, 0) is 20.9 Å². The van der Waals surface area contributed by atoms with E-state index in [2.05, 4.69) is 21.2 Å². The number of ether oxygens (including phenoxy) is 4. The second kappa shape index (κ2) is 13.0. The van der Waals surface area contributed by atoms with Crippen LogP contribution < -0.4 is 24.3 Å². The number of halogens is 1. The van der Waals surface area contributed by atoms with Crippen molar-refractivity contribution in [2.75, 3.05) is 26.9 Å². The van der Waals surface area contributed by atoms with Crippen molar-refractivity contribution in [3.63, 3.8) is 0 Å². The van der Waals surface area contributed by atoms with Crippen molar-refractivity contribution in [1.82, 2.24) is 10.2 Å². The van der Waals surface area contributed by atoms with Gasteiger partial charge in [-0.05, 0) is 70.7 Å². The summed E-state index contributed by atoms with van der Waals surface area (Å²) in [5.74, 6) is -1.44. The highest BCUT2D eigenvalue weighted by atomic mass is 79.9. The number of carboxylic acid groups (broad SMARTS) is 1. The number of rotatable bonds is 12. The quantitative estimate of drug-likeness (QED) is 0.279. The molecule has 0 aromatic heterocycles. The molecule has 1 fully saturated rings. The highest BCUT2D eigenvalue weighted by molar-refractivity contribution is 9.10. The number of benzene rings is 2. The lowest BCUT2D eigenvalue weighted by Gasteiger charge is -2.26. The third kappa shape index (κ3) is 6.82. The molecule has 1 aliphatic rings. The molecule has 2 aromatic carbocycles. The van der Waals surface area contributed by atoms with Crippen molar-refractivity contribution in [2.45, 2.75) is 26.8 Å². The smallest absolute Gasteiger partial charge is 0.341 e. The molecule has 0 radical (unpaired) electrons. The summed E-state index contributed by atoms with van der Waals surface area (Å²) in [6.07, 6.45) is 2.13. The third-order valence-electron chi connectivity index (χ3n) is 5.20. The van der Waals surface area contributed by atoms with Crippen LogP contribution in [0.1, 0.15) is 31.4 Å². The number of carboxylic acids is 1. The Morgan fingerprint density at radius 2 is 1.82 bits per heavy atom. The molecule has 38 heavy (non-hydrogen) atoms. The van der Waals surface area contributed by atoms with Crippen molar-refractivity contribution in [3.05, 3.63) is 51.5 Å². The maximum absolute atomic E-state index is 13.2. The summed E-state index contributed by atoms with van der Waals surface area (Å²) >= 11 is 3.31. The molecular formula is C26H27BrN2O9. The van der Waals surface area contributed by atoms with Gasteiger partial charge in [0.25, 0.3) is 11.8 Å². The molecule has 1 aliphatic heterocycles. The number of hydrogen-bond acceptors (Lipinski definition) is 8. The van der Waals surface area contributed by atoms with Gasteiger partial charge in [0.2, 0.25) is 0 Å². The van der Waals surface area contributed by atoms with Gasteiger partial charge >= 0.3 is 12.0 Å². The van der Waals surface area contributed by atoms with E-state index in [4.69, 9.17) is 24.1 Å². The Labute approximate surface area is 227 Å². The standard InChI is InChI=1S/C26H27BrN2O9/c1-4-8-37-19-7-6-15(11-20(19)35-3)13-29-25(33)17(24(32)28-26(29)34)9-16-10-18(27)23(38-14-22(30)31)21(12-16)36-5-2/h6-7,9-12H,4-5,8,13-14H2,1-3H3,(H,30,31)(H,28,32,34)/b17-9+. The number of hydrogen-bond donors (Lipinski definition) is 2. The highest BCUT2D eigenvalue weighted by Crippen LogP contribution is 2.38. The Kier molecular flexibility index (Phi) is 9.72. The number of carbonyl (C=O) groups is 4. The average Bonchev–Trinajstić information content (AvgIpc) is 2.87. The van der Waals surface area contributed by atoms with Crippen LogP contribution in [0.2, 0.25) is 0 Å². The number of methoxy groups -OCH3 is 1. The second-order valence-corrected chi connectivity index (χ2v) is 8.84. The molecule has 0 bridgehead atoms. The largest absolute Gasteiger partial charge is 0.493 e. The monoisotopic (exact) mass is 590 g/mol. The predicted molar refractivity (Wildman–Crippen MR) is 139 cm³/mol. The number of urea groups is 1. The van der Waals surface area contributed by atoms with Gasteiger partial charge in [-0.15, -0.1) is 0 Å². The zero-order valence-electron chi connectivity index (χ0n) is 21.0. The molecule has 1 heterocycles. The number of aliphatic carboxylic acids is 1. The summed E-state index contributed by atoms with van der Waals surface area (Å²) in [5.41, 5.74) is 0.701. The molecule has 2 aromatic rings. The molecule has 0 unspecified atom stereocenters. The van der Waals surface area contributed by atoms with E-state index in [0.717, 1.165) is 11.3 Å². The number of imide groups is 2. The van der Waals surface area contributed by atoms with E-state index in [9.17, 15) is 19.2 Å². The maximum Gasteiger partial charge on any atom is 0.341 e. The van der Waals surface area contributed by atoms with Crippen molar-refractivity contribution >= 4 is 45.8 Å². The van der Waals surface area contributed by atoms with Crippen molar-refractivity contribution in [3.8, 4) is 23.0 Å². The fraction of sp³-hybridized carbons (Fsp3) is 0.308. The third-order valence-corrected chi connectivity index (χ3v) is 5.79. The predicted octanol–water partition coefficient (Wildman–Crippen LogP) is 3.77. The van der Waals surface area contributed by atoms with Crippen LogP contribution >= 0.6 is 15.9 Å². The number of amides is 4. The van der Waals surface area contributed by atoms with Gasteiger partial charge in [0.1, 0.15) is 5.57 Å². The first kappa shape index (κ1) is 28.5. The first-order valence-electron chi connectivity index (χ1n) is 11.7. The molecule has 4 amide bonds. The Hall–Kier alpha value is -4.06. The SMILES string of the molecule is CCCOc1ccc(CN2C(=O)NC(=O)/C(=C\c3cc(Br)c(OCC(=O)O)c(OCC)c3)C2=O)cc1OC. The first-order chi connectivity index (χ1) is 18.2. The fourth-order valence-electron chi connectivity index (χ4n) is 3.54. The van der Waals surface area contributed by atoms with E-state index in [1.165, 1.54) is 25.3 Å². The van der Waals surface area contributed by atoms with Crippen LogP contribution in [0, 0.1) is 0 Å². The van der Waals surface area contributed by atoms with Gasteiger partial charge in [-0.3, -0.25) is 19.8 Å². The number of nitrogens with one attached hydrogen (secondary N) is 1. The van der Waals surface area contributed by atoms with E-state index < -0.39 is 30.4 Å². The molecule has 202 valence electrons. The van der Waals surface area contributed by atoms with Crippen LogP contribution in [0.3, 0.4) is 0 Å². The summed E-state index contributed by atoms with van der Waals surface area (Å²) in [4.78, 5) is 50.2. The molecule has 0 spiro atoms. The zero-order valence-corrected chi connectivity index (χ0v) is 22.6. The lowest BCUT2D eigenvalue weighted by molar-refractivity contribution is -0.139. The molecule has 0 atom stereocenters. The minimum atomic E-state index is -1.17. The minimum Gasteiger partial charge on any atom is -0.493 e. The molecule has 0 aliphatic carbocycles. The van der Waals surface area contributed by atoms with Gasteiger partial charge in [0.15, 0.2) is 29.6 Å². The molecule has 2 N–H and O–H groups in total. The van der Waals surface area contributed by atoms with Crippen LogP contribution in [0.25, 0.3) is 6.08 Å². The van der Waals surface area contributed by atoms with Crippen molar-refractivity contribution < 1.29 is 43.2 Å². The van der Waals surface area contributed by atoms with Gasteiger partial charge in [0, 0.05) is 0 Å². The average molecular weight is 591 g/mol. The minimum absolute atomic E-state index is 0.116. The van der Waals surface area contributed by atoms with E-state index >= 15 is 0 Å². The summed E-state index contributed by atoms with van der Waals surface area (Å²) in [5, 5.41) is 11.1. The van der Waals surface area contributed by atoms with Gasteiger partial charge in [-0.25, -0.2) is 9.59 Å². The van der Waals surface area contributed by atoms with E-state index in [-0.39, 0.29) is 30.2 Å². The maximum atomic E-state index is 13.2. The van der Waals surface area contributed by atoms with Crippen molar-refractivity contribution in [1.29, 1.82) is 0 Å². The molecular weight excluding hydrogens is 564 g/mol. The van der Waals surface area contributed by atoms with E-state index in [1.807, 2.05) is 6.92 Å². The normalized spacial score (nSPS) is 14.4. The lowest BCUT2D eigenvalue weighted by atomic mass is 10.1. The number of barbiturate groups is 1. The summed E-state index contributed by atoms with van der Waals surface area (Å²) in [7, 11) is 1.49. The lowest BCUT2D eigenvalue weighted by Crippen LogP contribution is -2.53. The number of nitrogens with zero attached hydrogens (tertiary/aromatic N) is 1. The molecule has 0 saturated carbocycles. The Morgan fingerprint density at radius 1 is 1.05 bits per heavy atom. The molecule has 3 rings (SSSR count). The molecule has 12 heteroatoms. The highest BCUT2D eigenvalue weighted by Gasteiger charge is 2.36. The summed E-state index contributed by atoms with van der Waals surface area (Å²) in [6, 6.07) is 7.24. The van der Waals surface area contributed by atoms with Crippen LogP contribution in [-0.4, -0.2) is 60.8 Å². The Morgan fingerprint density at radius 3 is 2.47 bits per heavy atom. The van der Waals surface area contributed by atoms with Gasteiger partial charge in [-0.2, -0.15) is 0 Å². The summed E-state index contributed by atoms with van der Waals surface area (Å²) < 4.78 is 22.2. The van der Waals surface area contributed by atoms with Gasteiger partial charge in [0.05, 0.1) is 31.3 Å². The second-order valence-electron chi connectivity index (χ2n) is 7.99. The van der Waals surface area contributed by atoms with Gasteiger partial charge < -0.3 is 24.1 Å². The Bertz CT molecular complexity index is 1280. The van der Waals surface area contributed by atoms with Crippen LogP contribution in [0.15, 0.2) is 40.4 Å². The van der Waals surface area contributed by atoms with E-state index in [0.29, 0.717) is 33.7 Å². The fourth-order valence-corrected chi connectivity index (χ4v) is 4.11. The van der Waals surface area contributed by atoms with Crippen molar-refractivity contribution in [2.24, 2.45) is 0 Å². The van der Waals surface area contributed by atoms with Gasteiger partial charge in [-0.1, -0.05) is 13.0 Å². The summed E-state index contributed by atoms with van der Waals surface area (Å²) in [6.45, 7) is 3.77. The molecule has 1 saturated heterocycles. The zero-order chi connectivity index (χ0) is 27.8. The molecule has 11 nitrogen and oxygen atoms in total. The van der Waals surface area contributed by atoms with Crippen LogP contribution in [0.5, 0.6) is 23.0 Å². The van der Waals surface area contributed by atoms with E-state index in [1.54, 1.807) is 25.1 Å².